The van der Waals surface area contributed by atoms with Gasteiger partial charge in [0.2, 0.25) is 5.91 Å². The summed E-state index contributed by atoms with van der Waals surface area (Å²) in [5, 5.41) is 10.9. The number of unbranched alkanes of at least 4 members (excludes halogenated alkanes) is 5. The summed E-state index contributed by atoms with van der Waals surface area (Å²) < 4.78 is 58.5. The first kappa shape index (κ1) is 57.5. The minimum absolute atomic E-state index is 0.00433. The van der Waals surface area contributed by atoms with Gasteiger partial charge in [0.15, 0.2) is 0 Å². The highest BCUT2D eigenvalue weighted by Crippen LogP contribution is 2.42. The second-order valence-corrected chi connectivity index (χ2v) is 20.3. The number of hydrogen-bond acceptors (Lipinski definition) is 12. The first-order valence-electron chi connectivity index (χ1n) is 27.5. The molecule has 9 rings (SSSR count). The van der Waals surface area contributed by atoms with Crippen LogP contribution in [0.25, 0.3) is 32.7 Å². The Morgan fingerprint density at radius 1 is 0.519 bits per heavy atom. The van der Waals surface area contributed by atoms with Gasteiger partial charge in [0.1, 0.15) is 17.1 Å². The highest BCUT2D eigenvalue weighted by molar-refractivity contribution is 6.17. The summed E-state index contributed by atoms with van der Waals surface area (Å²) in [6.45, 7) is 6.09. The van der Waals surface area contributed by atoms with Gasteiger partial charge < -0.3 is 43.8 Å². The molecule has 23 heteroatoms. The maximum absolute atomic E-state index is 15.0. The highest BCUT2D eigenvalue weighted by Gasteiger charge is 2.41. The zero-order chi connectivity index (χ0) is 58.0. The van der Waals surface area contributed by atoms with Crippen molar-refractivity contribution in [3.8, 4) is 0 Å². The van der Waals surface area contributed by atoms with E-state index in [1.807, 2.05) is 0 Å². The SMILES string of the molecule is CCOC(=O)n1c(C(=O)N2CCc3c2ccc2c3cc(C(=O)N3CCc4c3ccc3c4cc(C(=O)N(C)CCCCCCN(C)C(=O)C(F)(F)F)n3C(=O)OCC)n2C(=O)OCC)cc2c3c(ccc21)N(C(=O)CCCCCO)CC3. The predicted octanol–water partition coefficient (Wildman–Crippen LogP) is 9.07. The Morgan fingerprint density at radius 2 is 0.901 bits per heavy atom. The maximum Gasteiger partial charge on any atom is 0.471 e. The molecule has 0 atom stereocenters. The lowest BCUT2D eigenvalue weighted by Gasteiger charge is -2.19. The summed E-state index contributed by atoms with van der Waals surface area (Å²) in [7, 11) is 2.67. The summed E-state index contributed by atoms with van der Waals surface area (Å²) in [6.07, 6.45) is -1.89. The van der Waals surface area contributed by atoms with Gasteiger partial charge in [0, 0.05) is 93.1 Å². The molecule has 6 aromatic rings. The molecule has 3 aromatic carbocycles. The number of alkyl halides is 3. The van der Waals surface area contributed by atoms with Crippen LogP contribution in [0.15, 0.2) is 54.6 Å². The van der Waals surface area contributed by atoms with Crippen LogP contribution in [0.5, 0.6) is 0 Å². The first-order chi connectivity index (χ1) is 38.9. The molecular weight excluding hydrogens is 1060 g/mol. The summed E-state index contributed by atoms with van der Waals surface area (Å²) in [4.78, 5) is 117. The van der Waals surface area contributed by atoms with Crippen LogP contribution in [-0.4, -0.2) is 156 Å². The topological polar surface area (TPSA) is 215 Å². The molecule has 5 amide bonds. The number of aliphatic hydroxyl groups is 1. The van der Waals surface area contributed by atoms with Gasteiger partial charge in [-0.15, -0.1) is 0 Å². The molecule has 3 aliphatic rings. The number of ether oxygens (including phenoxy) is 3. The van der Waals surface area contributed by atoms with E-state index in [4.69, 9.17) is 14.2 Å². The number of rotatable bonds is 18. The zero-order valence-electron chi connectivity index (χ0n) is 46.0. The fourth-order valence-corrected chi connectivity index (χ4v) is 11.5. The Balaban J connectivity index is 0.993. The minimum atomic E-state index is -4.95. The molecule has 0 spiro atoms. The minimum Gasteiger partial charge on any atom is -0.449 e. The van der Waals surface area contributed by atoms with Crippen LogP contribution in [0.2, 0.25) is 0 Å². The zero-order valence-corrected chi connectivity index (χ0v) is 46.0. The third-order valence-corrected chi connectivity index (χ3v) is 15.4. The van der Waals surface area contributed by atoms with Gasteiger partial charge in [-0.05, 0) is 137 Å². The monoisotopic (exact) mass is 1120 g/mol. The Morgan fingerprint density at radius 3 is 1.32 bits per heavy atom. The largest absolute Gasteiger partial charge is 0.471 e. The number of nitrogens with zero attached hydrogens (tertiary/aromatic N) is 8. The number of benzene rings is 3. The molecule has 6 heterocycles. The van der Waals surface area contributed by atoms with Crippen molar-refractivity contribution in [1.82, 2.24) is 23.5 Å². The van der Waals surface area contributed by atoms with E-state index in [1.165, 1.54) is 23.5 Å². The molecule has 0 saturated carbocycles. The quantitative estimate of drug-likeness (QED) is 0.0630. The maximum atomic E-state index is 15.0. The lowest BCUT2D eigenvalue weighted by molar-refractivity contribution is -0.184. The van der Waals surface area contributed by atoms with E-state index in [9.17, 15) is 51.8 Å². The molecule has 1 N–H and O–H groups in total. The normalized spacial score (nSPS) is 13.7. The molecule has 20 nitrogen and oxygen atoms in total. The molecule has 430 valence electrons. The molecule has 81 heavy (non-hydrogen) atoms. The predicted molar refractivity (Wildman–Crippen MR) is 295 cm³/mol. The summed E-state index contributed by atoms with van der Waals surface area (Å²) in [5.41, 5.74) is 5.16. The first-order valence-corrected chi connectivity index (χ1v) is 27.5. The molecule has 3 aliphatic heterocycles. The fourth-order valence-electron chi connectivity index (χ4n) is 11.5. The number of anilines is 3. The van der Waals surface area contributed by atoms with E-state index in [-0.39, 0.29) is 75.6 Å². The van der Waals surface area contributed by atoms with Crippen molar-refractivity contribution in [3.05, 3.63) is 88.4 Å². The van der Waals surface area contributed by atoms with Crippen LogP contribution in [0, 0.1) is 0 Å². The number of aromatic nitrogens is 3. The van der Waals surface area contributed by atoms with Crippen LogP contribution in [-0.2, 0) is 43.1 Å². The molecule has 0 unspecified atom stereocenters. The summed E-state index contributed by atoms with van der Waals surface area (Å²) in [6, 6.07) is 15.1. The van der Waals surface area contributed by atoms with Crippen molar-refractivity contribution in [3.63, 3.8) is 0 Å². The molecule has 0 fully saturated rings. The van der Waals surface area contributed by atoms with Crippen molar-refractivity contribution < 1.29 is 70.8 Å². The second kappa shape index (κ2) is 23.9. The number of halogens is 3. The third kappa shape index (κ3) is 10.8. The van der Waals surface area contributed by atoms with Gasteiger partial charge in [-0.25, -0.2) is 28.1 Å². The Labute approximate surface area is 464 Å². The third-order valence-electron chi connectivity index (χ3n) is 15.4. The van der Waals surface area contributed by atoms with E-state index in [2.05, 4.69) is 0 Å². The van der Waals surface area contributed by atoms with Gasteiger partial charge in [-0.2, -0.15) is 13.2 Å². The molecule has 0 radical (unpaired) electrons. The molecular formula is C58H65F3N8O12. The average molecular weight is 1120 g/mol. The second-order valence-electron chi connectivity index (χ2n) is 20.3. The Hall–Kier alpha value is -8.21. The van der Waals surface area contributed by atoms with E-state index in [1.54, 1.807) is 92.2 Å². The van der Waals surface area contributed by atoms with Crippen LogP contribution in [0.3, 0.4) is 0 Å². The van der Waals surface area contributed by atoms with E-state index in [0.717, 1.165) is 19.0 Å². The van der Waals surface area contributed by atoms with Gasteiger partial charge >= 0.3 is 30.4 Å². The van der Waals surface area contributed by atoms with Crippen molar-refractivity contribution in [1.29, 1.82) is 0 Å². The fraction of sp³-hybridized carbons (Fsp3) is 0.448. The number of carbonyl (C=O) groups is 8. The van der Waals surface area contributed by atoms with Gasteiger partial charge in [0.05, 0.1) is 36.4 Å². The number of amides is 5. The lowest BCUT2D eigenvalue weighted by Crippen LogP contribution is -2.38. The smallest absolute Gasteiger partial charge is 0.449 e. The van der Waals surface area contributed by atoms with Crippen molar-refractivity contribution in [2.24, 2.45) is 0 Å². The highest BCUT2D eigenvalue weighted by atomic mass is 19.4. The molecule has 3 aromatic heterocycles. The molecule has 0 bridgehead atoms. The number of carbonyl (C=O) groups excluding carboxylic acids is 8. The van der Waals surface area contributed by atoms with E-state index in [0.29, 0.717) is 137 Å². The number of aliphatic hydroxyl groups excluding tert-OH is 1. The summed E-state index contributed by atoms with van der Waals surface area (Å²) >= 11 is 0. The van der Waals surface area contributed by atoms with Crippen LogP contribution in [0.4, 0.5) is 44.6 Å². The van der Waals surface area contributed by atoms with Gasteiger partial charge in [0.25, 0.3) is 17.7 Å². The standard InChI is InChI=1S/C58H65F3N8O12/c1-6-79-55(76)67-44-21-18-42-36(38(44)32-47(67)51(72)62(4)26-13-9-10-14-27-63(5)54(75)58(59,60)61)24-29-65(42)53(74)49-34-40-37-25-30-66(43(37)19-22-46(40)69(49)57(78)81-8-3)52(73)48-33-39-35-23-28-64(50(71)16-12-11-15-31-70)41(35)17-20-45(39)68(48)56(77)80-7-2/h17-22,32-34,70H,6-16,23-31H2,1-5H3. The van der Waals surface area contributed by atoms with E-state index >= 15 is 4.79 Å². The van der Waals surface area contributed by atoms with Gasteiger partial charge in [-0.3, -0.25) is 24.0 Å². The van der Waals surface area contributed by atoms with Crippen LogP contribution < -0.4 is 14.7 Å². The summed E-state index contributed by atoms with van der Waals surface area (Å²) in [5.74, 6) is -3.47. The van der Waals surface area contributed by atoms with Crippen LogP contribution >= 0.6 is 0 Å². The number of hydrogen-bond donors (Lipinski definition) is 1. The lowest BCUT2D eigenvalue weighted by atomic mass is 10.1. The Bertz CT molecular complexity index is 3510. The van der Waals surface area contributed by atoms with E-state index < -0.39 is 48.1 Å². The number of fused-ring (bicyclic) bond motifs is 9. The van der Waals surface area contributed by atoms with Crippen molar-refractivity contribution in [2.75, 3.05) is 87.9 Å². The molecule has 0 saturated heterocycles. The van der Waals surface area contributed by atoms with Crippen LogP contribution in [0.1, 0.15) is 120 Å². The van der Waals surface area contributed by atoms with Gasteiger partial charge in [-0.1, -0.05) is 19.3 Å². The average Bonchev–Trinajstić information content (AvgIpc) is 4.49. The van der Waals surface area contributed by atoms with Crippen molar-refractivity contribution >= 4 is 97.6 Å². The molecule has 0 aliphatic carbocycles. The van der Waals surface area contributed by atoms with Crippen molar-refractivity contribution in [2.45, 2.75) is 97.6 Å². The Kier molecular flexibility index (Phi) is 16.9.